The van der Waals surface area contributed by atoms with Crippen molar-refractivity contribution < 1.29 is 0 Å². The predicted octanol–water partition coefficient (Wildman–Crippen LogP) is 2.56. The lowest BCUT2D eigenvalue weighted by Gasteiger charge is -2.03. The van der Waals surface area contributed by atoms with E-state index in [1.807, 2.05) is 12.3 Å². The summed E-state index contributed by atoms with van der Waals surface area (Å²) < 4.78 is 3.45. The number of imidazole rings is 1. The van der Waals surface area contributed by atoms with Crippen LogP contribution in [0.5, 0.6) is 0 Å². The zero-order valence-corrected chi connectivity index (χ0v) is 9.16. The van der Waals surface area contributed by atoms with E-state index in [2.05, 4.69) is 51.9 Å². The van der Waals surface area contributed by atoms with Crippen molar-refractivity contribution >= 4 is 28.2 Å². The first-order valence-electron chi connectivity index (χ1n) is 3.79. The van der Waals surface area contributed by atoms with Crippen molar-refractivity contribution in [2.24, 2.45) is 0 Å². The molecular weight excluding hydrogens is 263 g/mol. The number of rotatable bonds is 0. The Morgan fingerprint density at radius 1 is 1.33 bits per heavy atom. The standard InChI is InChI=1S/C9H9IN2/c1-6-5-11-9-4-3-8(10)7(2)12(6)9/h3-5H,1-2H3. The van der Waals surface area contributed by atoms with Gasteiger partial charge < -0.3 is 4.40 Å². The summed E-state index contributed by atoms with van der Waals surface area (Å²) in [6.07, 6.45) is 1.90. The van der Waals surface area contributed by atoms with Crippen molar-refractivity contribution in [2.75, 3.05) is 0 Å². The van der Waals surface area contributed by atoms with Crippen LogP contribution < -0.4 is 0 Å². The predicted molar refractivity (Wildman–Crippen MR) is 57.4 cm³/mol. The first-order chi connectivity index (χ1) is 5.70. The molecule has 0 spiro atoms. The highest BCUT2D eigenvalue weighted by molar-refractivity contribution is 14.1. The number of nitrogens with zero attached hydrogens (tertiary/aromatic N) is 2. The zero-order valence-electron chi connectivity index (χ0n) is 7.00. The summed E-state index contributed by atoms with van der Waals surface area (Å²) in [5, 5.41) is 0. The molecule has 0 aliphatic rings. The van der Waals surface area contributed by atoms with E-state index in [9.17, 15) is 0 Å². The van der Waals surface area contributed by atoms with Crippen molar-refractivity contribution in [3.8, 4) is 0 Å². The Hall–Kier alpha value is -0.580. The Bertz CT molecular complexity index is 431. The maximum atomic E-state index is 4.28. The molecule has 0 aromatic carbocycles. The molecule has 0 unspecified atom stereocenters. The third kappa shape index (κ3) is 1.03. The van der Waals surface area contributed by atoms with Gasteiger partial charge in [-0.25, -0.2) is 4.98 Å². The van der Waals surface area contributed by atoms with E-state index in [1.54, 1.807) is 0 Å². The van der Waals surface area contributed by atoms with Crippen LogP contribution >= 0.6 is 22.6 Å². The first-order valence-corrected chi connectivity index (χ1v) is 4.87. The Balaban J connectivity index is 2.96. The van der Waals surface area contributed by atoms with Gasteiger partial charge in [0.25, 0.3) is 0 Å². The average Bonchev–Trinajstić information content (AvgIpc) is 2.41. The summed E-state index contributed by atoms with van der Waals surface area (Å²) in [6, 6.07) is 4.14. The van der Waals surface area contributed by atoms with Crippen molar-refractivity contribution in [1.82, 2.24) is 9.38 Å². The Labute approximate surface area is 84.8 Å². The van der Waals surface area contributed by atoms with Crippen LogP contribution in [0.4, 0.5) is 0 Å². The fourth-order valence-electron chi connectivity index (χ4n) is 1.38. The Kier molecular flexibility index (Phi) is 1.83. The third-order valence-electron chi connectivity index (χ3n) is 2.03. The molecule has 62 valence electrons. The maximum absolute atomic E-state index is 4.28. The van der Waals surface area contributed by atoms with E-state index in [0.29, 0.717) is 0 Å². The van der Waals surface area contributed by atoms with Gasteiger partial charge in [-0.3, -0.25) is 0 Å². The molecule has 0 saturated heterocycles. The number of halogens is 1. The second kappa shape index (κ2) is 2.73. The third-order valence-corrected chi connectivity index (χ3v) is 3.17. The average molecular weight is 272 g/mol. The van der Waals surface area contributed by atoms with Crippen LogP contribution in [0.3, 0.4) is 0 Å². The fraction of sp³-hybridized carbons (Fsp3) is 0.222. The van der Waals surface area contributed by atoms with Crippen LogP contribution in [-0.2, 0) is 0 Å². The zero-order chi connectivity index (χ0) is 8.72. The van der Waals surface area contributed by atoms with Gasteiger partial charge in [0, 0.05) is 21.2 Å². The molecule has 0 N–H and O–H groups in total. The van der Waals surface area contributed by atoms with Gasteiger partial charge in [0.1, 0.15) is 5.65 Å². The van der Waals surface area contributed by atoms with Gasteiger partial charge in [-0.15, -0.1) is 0 Å². The van der Waals surface area contributed by atoms with Gasteiger partial charge in [-0.05, 0) is 48.6 Å². The summed E-state index contributed by atoms with van der Waals surface area (Å²) in [4.78, 5) is 4.28. The van der Waals surface area contributed by atoms with Gasteiger partial charge in [0.05, 0.1) is 0 Å². The van der Waals surface area contributed by atoms with Gasteiger partial charge in [-0.2, -0.15) is 0 Å². The number of hydrogen-bond acceptors (Lipinski definition) is 1. The normalized spacial score (nSPS) is 10.9. The molecule has 0 aliphatic carbocycles. The molecule has 2 nitrogen and oxygen atoms in total. The van der Waals surface area contributed by atoms with Crippen LogP contribution in [0.25, 0.3) is 5.65 Å². The van der Waals surface area contributed by atoms with Crippen LogP contribution in [0.1, 0.15) is 11.4 Å². The second-order valence-corrected chi connectivity index (χ2v) is 4.02. The molecule has 0 radical (unpaired) electrons. The quantitative estimate of drug-likeness (QED) is 0.674. The smallest absolute Gasteiger partial charge is 0.137 e. The molecule has 0 bridgehead atoms. The second-order valence-electron chi connectivity index (χ2n) is 2.86. The van der Waals surface area contributed by atoms with Gasteiger partial charge in [0.15, 0.2) is 0 Å². The fourth-order valence-corrected chi connectivity index (χ4v) is 1.81. The van der Waals surface area contributed by atoms with Crippen LogP contribution in [0.15, 0.2) is 18.3 Å². The van der Waals surface area contributed by atoms with E-state index in [1.165, 1.54) is 15.0 Å². The summed E-state index contributed by atoms with van der Waals surface area (Å²) in [7, 11) is 0. The van der Waals surface area contributed by atoms with Crippen LogP contribution in [0.2, 0.25) is 0 Å². The number of hydrogen-bond donors (Lipinski definition) is 0. The van der Waals surface area contributed by atoms with E-state index in [4.69, 9.17) is 0 Å². The molecule has 0 saturated carbocycles. The highest BCUT2D eigenvalue weighted by atomic mass is 127. The molecule has 0 fully saturated rings. The molecule has 2 aromatic rings. The van der Waals surface area contributed by atoms with E-state index in [0.717, 1.165) is 5.65 Å². The molecule has 2 heterocycles. The van der Waals surface area contributed by atoms with Gasteiger partial charge in [-0.1, -0.05) is 0 Å². The van der Waals surface area contributed by atoms with Crippen LogP contribution in [-0.4, -0.2) is 9.38 Å². The van der Waals surface area contributed by atoms with Gasteiger partial charge in [0.2, 0.25) is 0 Å². The van der Waals surface area contributed by atoms with Gasteiger partial charge >= 0.3 is 0 Å². The van der Waals surface area contributed by atoms with E-state index < -0.39 is 0 Å². The number of aromatic nitrogens is 2. The summed E-state index contributed by atoms with van der Waals surface area (Å²) in [5.41, 5.74) is 3.49. The minimum absolute atomic E-state index is 1.03. The van der Waals surface area contributed by atoms with Crippen molar-refractivity contribution in [2.45, 2.75) is 13.8 Å². The molecule has 2 aromatic heterocycles. The Morgan fingerprint density at radius 3 is 2.83 bits per heavy atom. The minimum Gasteiger partial charge on any atom is -0.301 e. The SMILES string of the molecule is Cc1cnc2ccc(I)c(C)n12. The van der Waals surface area contributed by atoms with E-state index >= 15 is 0 Å². The summed E-state index contributed by atoms with van der Waals surface area (Å²) in [5.74, 6) is 0. The van der Waals surface area contributed by atoms with Crippen molar-refractivity contribution in [3.05, 3.63) is 33.3 Å². The molecule has 0 amide bonds. The van der Waals surface area contributed by atoms with E-state index in [-0.39, 0.29) is 0 Å². The minimum atomic E-state index is 1.03. The lowest BCUT2D eigenvalue weighted by molar-refractivity contribution is 1.03. The lowest BCUT2D eigenvalue weighted by atomic mass is 10.3. The van der Waals surface area contributed by atoms with Crippen LogP contribution in [0, 0.1) is 17.4 Å². The topological polar surface area (TPSA) is 17.3 Å². The number of fused-ring (bicyclic) bond motifs is 1. The maximum Gasteiger partial charge on any atom is 0.137 e. The lowest BCUT2D eigenvalue weighted by Crippen LogP contribution is -1.95. The molecular formula is C9H9IN2. The molecule has 0 aliphatic heterocycles. The van der Waals surface area contributed by atoms with Crippen molar-refractivity contribution in [1.29, 1.82) is 0 Å². The molecule has 2 rings (SSSR count). The summed E-state index contributed by atoms with van der Waals surface area (Å²) >= 11 is 2.34. The number of aryl methyl sites for hydroxylation is 2. The largest absolute Gasteiger partial charge is 0.301 e. The number of pyridine rings is 1. The highest BCUT2D eigenvalue weighted by Gasteiger charge is 2.03. The highest BCUT2D eigenvalue weighted by Crippen LogP contribution is 2.15. The Morgan fingerprint density at radius 2 is 2.08 bits per heavy atom. The molecule has 12 heavy (non-hydrogen) atoms. The van der Waals surface area contributed by atoms with Crippen molar-refractivity contribution in [3.63, 3.8) is 0 Å². The summed E-state index contributed by atoms with van der Waals surface area (Å²) in [6.45, 7) is 4.19. The molecule has 0 atom stereocenters. The first kappa shape index (κ1) is 8.04. The monoisotopic (exact) mass is 272 g/mol. The molecule has 3 heteroatoms.